The predicted molar refractivity (Wildman–Crippen MR) is 79.2 cm³/mol. The topological polar surface area (TPSA) is 70.1 Å². The number of para-hydroxylation sites is 1. The highest BCUT2D eigenvalue weighted by atomic mass is 19.1. The van der Waals surface area contributed by atoms with Crippen LogP contribution in [0.2, 0.25) is 0 Å². The molecule has 2 rings (SSSR count). The Bertz CT molecular complexity index is 680. The van der Waals surface area contributed by atoms with Crippen molar-refractivity contribution in [2.45, 2.75) is 6.42 Å². The molecule has 2 N–H and O–H groups in total. The number of benzene rings is 2. The van der Waals surface area contributed by atoms with Gasteiger partial charge < -0.3 is 10.6 Å². The number of amides is 1. The average molecular weight is 283 g/mol. The maximum atomic E-state index is 13.9. The van der Waals surface area contributed by atoms with Crippen LogP contribution in [0, 0.1) is 17.1 Å². The smallest absolute Gasteiger partial charge is 0.261 e. The summed E-state index contributed by atoms with van der Waals surface area (Å²) in [6.45, 7) is 0.188. The second-order valence-corrected chi connectivity index (χ2v) is 4.44. The molecule has 0 aliphatic carbocycles. The first-order chi connectivity index (χ1) is 10.1. The van der Waals surface area contributed by atoms with E-state index in [-0.39, 0.29) is 18.5 Å². The molecule has 4 nitrogen and oxygen atoms in total. The Hall–Kier alpha value is -2.87. The Morgan fingerprint density at radius 1 is 1.24 bits per heavy atom. The van der Waals surface area contributed by atoms with Gasteiger partial charge >= 0.3 is 0 Å². The lowest BCUT2D eigenvalue weighted by Crippen LogP contribution is -2.32. The minimum Gasteiger partial charge on any atom is -0.399 e. The molecule has 0 heterocycles. The summed E-state index contributed by atoms with van der Waals surface area (Å²) in [5.41, 5.74) is 6.44. The molecule has 0 bridgehead atoms. The molecule has 0 atom stereocenters. The van der Waals surface area contributed by atoms with Gasteiger partial charge in [-0.05, 0) is 30.3 Å². The van der Waals surface area contributed by atoms with Crippen molar-refractivity contribution in [1.29, 1.82) is 5.26 Å². The fraction of sp³-hybridized carbons (Fsp3) is 0.125. The highest BCUT2D eigenvalue weighted by Gasteiger charge is 2.20. The fourth-order valence-corrected chi connectivity index (χ4v) is 1.97. The van der Waals surface area contributed by atoms with Crippen LogP contribution in [-0.2, 0) is 0 Å². The molecule has 1 amide bonds. The lowest BCUT2D eigenvalue weighted by atomic mass is 10.1. The van der Waals surface area contributed by atoms with Crippen molar-refractivity contribution in [2.24, 2.45) is 0 Å². The van der Waals surface area contributed by atoms with E-state index in [0.29, 0.717) is 11.4 Å². The highest BCUT2D eigenvalue weighted by Crippen LogP contribution is 2.20. The Balaban J connectivity index is 2.39. The van der Waals surface area contributed by atoms with E-state index >= 15 is 0 Å². The Morgan fingerprint density at radius 3 is 2.62 bits per heavy atom. The Kier molecular flexibility index (Phi) is 4.52. The van der Waals surface area contributed by atoms with Gasteiger partial charge in [-0.15, -0.1) is 0 Å². The third kappa shape index (κ3) is 3.37. The second kappa shape index (κ2) is 6.53. The van der Waals surface area contributed by atoms with Gasteiger partial charge in [0.1, 0.15) is 5.82 Å². The summed E-state index contributed by atoms with van der Waals surface area (Å²) < 4.78 is 13.9. The van der Waals surface area contributed by atoms with Gasteiger partial charge in [0.2, 0.25) is 0 Å². The molecular weight excluding hydrogens is 269 g/mol. The highest BCUT2D eigenvalue weighted by molar-refractivity contribution is 6.06. The van der Waals surface area contributed by atoms with Gasteiger partial charge in [0.25, 0.3) is 5.91 Å². The molecule has 0 saturated carbocycles. The number of carbonyl (C=O) groups is 1. The van der Waals surface area contributed by atoms with Gasteiger partial charge in [-0.25, -0.2) is 4.39 Å². The van der Waals surface area contributed by atoms with Crippen molar-refractivity contribution in [3.8, 4) is 6.07 Å². The number of hydrogen-bond acceptors (Lipinski definition) is 3. The molecule has 21 heavy (non-hydrogen) atoms. The minimum atomic E-state index is -0.632. The fourth-order valence-electron chi connectivity index (χ4n) is 1.97. The lowest BCUT2D eigenvalue weighted by molar-refractivity contribution is 0.0983. The summed E-state index contributed by atoms with van der Waals surface area (Å²) in [6.07, 6.45) is 0.157. The van der Waals surface area contributed by atoms with Crippen LogP contribution in [0.25, 0.3) is 0 Å². The van der Waals surface area contributed by atoms with Crippen LogP contribution < -0.4 is 10.6 Å². The summed E-state index contributed by atoms with van der Waals surface area (Å²) in [7, 11) is 0. The van der Waals surface area contributed by atoms with E-state index in [2.05, 4.69) is 0 Å². The van der Waals surface area contributed by atoms with Crippen molar-refractivity contribution in [1.82, 2.24) is 0 Å². The van der Waals surface area contributed by atoms with Crippen LogP contribution in [-0.4, -0.2) is 12.5 Å². The lowest BCUT2D eigenvalue weighted by Gasteiger charge is -2.22. The summed E-state index contributed by atoms with van der Waals surface area (Å²) in [4.78, 5) is 13.9. The van der Waals surface area contributed by atoms with Gasteiger partial charge in [-0.1, -0.05) is 18.2 Å². The zero-order valence-corrected chi connectivity index (χ0v) is 11.3. The molecule has 5 heteroatoms. The molecule has 0 spiro atoms. The first-order valence-corrected chi connectivity index (χ1v) is 6.42. The number of halogens is 1. The number of nitriles is 1. The molecular formula is C16H14FN3O. The van der Waals surface area contributed by atoms with E-state index in [1.54, 1.807) is 24.3 Å². The van der Waals surface area contributed by atoms with E-state index in [9.17, 15) is 9.18 Å². The maximum Gasteiger partial charge on any atom is 0.261 e. The summed E-state index contributed by atoms with van der Waals surface area (Å²) >= 11 is 0. The molecule has 0 aliphatic rings. The first kappa shape index (κ1) is 14.5. The van der Waals surface area contributed by atoms with E-state index in [0.717, 1.165) is 6.07 Å². The third-order valence-electron chi connectivity index (χ3n) is 2.98. The van der Waals surface area contributed by atoms with Crippen LogP contribution in [0.4, 0.5) is 15.8 Å². The number of nitrogens with zero attached hydrogens (tertiary/aromatic N) is 2. The maximum absolute atomic E-state index is 13.9. The number of nitrogens with two attached hydrogens (primary N) is 1. The van der Waals surface area contributed by atoms with Crippen LogP contribution >= 0.6 is 0 Å². The Labute approximate surface area is 122 Å². The van der Waals surface area contributed by atoms with Gasteiger partial charge in [0.15, 0.2) is 0 Å². The molecule has 0 saturated heterocycles. The number of hydrogen-bond donors (Lipinski definition) is 1. The molecule has 2 aromatic rings. The third-order valence-corrected chi connectivity index (χ3v) is 2.98. The molecule has 0 radical (unpaired) electrons. The summed E-state index contributed by atoms with van der Waals surface area (Å²) in [5.74, 6) is -1.15. The van der Waals surface area contributed by atoms with E-state index in [1.165, 1.54) is 17.0 Å². The molecule has 0 aliphatic heterocycles. The molecule has 0 aromatic heterocycles. The zero-order valence-electron chi connectivity index (χ0n) is 11.3. The molecule has 0 unspecified atom stereocenters. The number of carbonyl (C=O) groups excluding carboxylic acids is 1. The first-order valence-electron chi connectivity index (χ1n) is 6.42. The summed E-state index contributed by atoms with van der Waals surface area (Å²) in [6, 6.07) is 14.7. The normalized spacial score (nSPS) is 9.90. The zero-order chi connectivity index (χ0) is 15.2. The standard InChI is InChI=1S/C16H14FN3O/c17-15-8-7-12(19)11-14(15)16(21)20(10-4-9-18)13-5-2-1-3-6-13/h1-3,5-8,11H,4,10,19H2. The molecule has 0 fully saturated rings. The van der Waals surface area contributed by atoms with Gasteiger partial charge in [-0.2, -0.15) is 5.26 Å². The SMILES string of the molecule is N#CCCN(C(=O)c1cc(N)ccc1F)c1ccccc1. The Morgan fingerprint density at radius 2 is 1.95 bits per heavy atom. The van der Waals surface area contributed by atoms with Crippen molar-refractivity contribution in [3.63, 3.8) is 0 Å². The largest absolute Gasteiger partial charge is 0.399 e. The van der Waals surface area contributed by atoms with Crippen LogP contribution in [0.3, 0.4) is 0 Å². The quantitative estimate of drug-likeness (QED) is 0.877. The molecule has 106 valence electrons. The van der Waals surface area contributed by atoms with Gasteiger partial charge in [-0.3, -0.25) is 4.79 Å². The van der Waals surface area contributed by atoms with Crippen LogP contribution in [0.1, 0.15) is 16.8 Å². The van der Waals surface area contributed by atoms with E-state index < -0.39 is 11.7 Å². The second-order valence-electron chi connectivity index (χ2n) is 4.44. The molecule has 2 aromatic carbocycles. The monoisotopic (exact) mass is 283 g/mol. The van der Waals surface area contributed by atoms with Crippen molar-refractivity contribution < 1.29 is 9.18 Å². The average Bonchev–Trinajstić information content (AvgIpc) is 2.51. The van der Waals surface area contributed by atoms with Gasteiger partial charge in [0, 0.05) is 17.9 Å². The van der Waals surface area contributed by atoms with Crippen LogP contribution in [0.5, 0.6) is 0 Å². The van der Waals surface area contributed by atoms with Crippen LogP contribution in [0.15, 0.2) is 48.5 Å². The summed E-state index contributed by atoms with van der Waals surface area (Å²) in [5, 5.41) is 8.73. The minimum absolute atomic E-state index is 0.100. The number of nitrogen functional groups attached to an aromatic ring is 1. The predicted octanol–water partition coefficient (Wildman–Crippen LogP) is 2.97. The van der Waals surface area contributed by atoms with Crippen molar-refractivity contribution in [3.05, 3.63) is 59.9 Å². The number of anilines is 2. The van der Waals surface area contributed by atoms with Gasteiger partial charge in [0.05, 0.1) is 18.1 Å². The number of rotatable bonds is 4. The van der Waals surface area contributed by atoms with E-state index in [4.69, 9.17) is 11.0 Å². The van der Waals surface area contributed by atoms with Crippen molar-refractivity contribution >= 4 is 17.3 Å². The van der Waals surface area contributed by atoms with Crippen molar-refractivity contribution in [2.75, 3.05) is 17.2 Å². The van der Waals surface area contributed by atoms with E-state index in [1.807, 2.05) is 12.1 Å².